The second kappa shape index (κ2) is 31.7. The molecule has 0 rings (SSSR count). The fourth-order valence-electron chi connectivity index (χ4n) is 6.56. The minimum absolute atomic E-state index is 0.0528. The van der Waals surface area contributed by atoms with Crippen molar-refractivity contribution in [3.05, 3.63) is 12.2 Å². The number of unbranched alkanes of at least 4 members (excludes halogenated alkanes) is 25. The Hall–Kier alpha value is -0.570. The lowest BCUT2D eigenvalue weighted by Crippen LogP contribution is -2.58. The number of likely N-dealkylation sites (N-methyl/N-ethyl adjacent to an activating group) is 1. The summed E-state index contributed by atoms with van der Waals surface area (Å²) in [6, 6.07) is 0. The van der Waals surface area contributed by atoms with Crippen molar-refractivity contribution in [1.29, 1.82) is 0 Å². The molecule has 4 nitrogen and oxygen atoms in total. The zero-order valence-corrected chi connectivity index (χ0v) is 32.7. The van der Waals surface area contributed by atoms with Crippen molar-refractivity contribution in [2.45, 2.75) is 212 Å². The molecule has 0 N–H and O–H groups in total. The Kier molecular flexibility index (Phi) is 31.3. The number of carbonyl (C=O) groups excluding carboxylic acids is 2. The molecule has 1 unspecified atom stereocenters. The van der Waals surface area contributed by atoms with Crippen LogP contribution in [0.2, 0.25) is 0 Å². The Morgan fingerprint density at radius 2 is 0.783 bits per heavy atom. The molecule has 0 heterocycles. The monoisotopic (exact) mass is 666 g/mol. The lowest BCUT2D eigenvalue weighted by Gasteiger charge is -2.39. The van der Waals surface area contributed by atoms with E-state index in [1.807, 2.05) is 21.1 Å². The van der Waals surface area contributed by atoms with Crippen LogP contribution in [0.25, 0.3) is 0 Å². The summed E-state index contributed by atoms with van der Waals surface area (Å²) in [6.07, 6.45) is 41.0. The Bertz CT molecular complexity index is 732. The molecule has 0 aromatic carbocycles. The van der Waals surface area contributed by atoms with Gasteiger partial charge in [-0.3, -0.25) is 9.59 Å². The van der Waals surface area contributed by atoms with E-state index in [4.69, 9.17) is 4.52 Å². The smallest absolute Gasteiger partial charge is 0.204 e. The second-order valence-electron chi connectivity index (χ2n) is 15.3. The number of nitrogens with zero attached hydrogens (tertiary/aromatic N) is 1. The van der Waals surface area contributed by atoms with Crippen molar-refractivity contribution >= 4 is 21.0 Å². The third kappa shape index (κ3) is 26.4. The van der Waals surface area contributed by atoms with E-state index in [1.165, 1.54) is 141 Å². The van der Waals surface area contributed by atoms with E-state index in [9.17, 15) is 9.59 Å². The van der Waals surface area contributed by atoms with E-state index >= 15 is 0 Å². The SMILES string of the molecule is CCCCCCCCC=CCCCCCCCC(=O)C(C[N+](C)(C)C)(O[PH-])C(=O)CCCCCCCCCCCCCCCCC. The summed E-state index contributed by atoms with van der Waals surface area (Å²) in [4.78, 5) is 27.0. The first kappa shape index (κ1) is 45.4. The molecule has 0 amide bonds. The Balaban J connectivity index is 4.20. The molecular weight excluding hydrogens is 585 g/mol. The van der Waals surface area contributed by atoms with Gasteiger partial charge in [-0.2, -0.15) is 0 Å². The number of Topliss-reactive ketones (excluding diaryl/α,β-unsaturated/α-hetero) is 2. The molecule has 0 aromatic rings. The standard InChI is InChI=1S/C41H80NO3P/c1-6-8-10-12-14-16-18-20-22-24-26-28-30-32-34-36-39(43)41(45-46,38-42(3,4)5)40(44)37-35-33-31-29-27-25-23-21-19-17-15-13-11-9-7-2/h20,22,46H,6-19,21,23-38H2,1-5H3. The van der Waals surface area contributed by atoms with Crippen molar-refractivity contribution in [3.63, 3.8) is 0 Å². The first-order valence-corrected chi connectivity index (χ1v) is 20.5. The van der Waals surface area contributed by atoms with E-state index in [1.54, 1.807) is 0 Å². The highest BCUT2D eigenvalue weighted by Gasteiger charge is 2.46. The lowest BCUT2D eigenvalue weighted by molar-refractivity contribution is -0.873. The van der Waals surface area contributed by atoms with Crippen LogP contribution >= 0.6 is 9.47 Å². The molecule has 0 bridgehead atoms. The molecule has 0 aliphatic rings. The van der Waals surface area contributed by atoms with E-state index in [-0.39, 0.29) is 11.6 Å². The first-order valence-electron chi connectivity index (χ1n) is 20.1. The molecular formula is C41H80NO3P. The lowest BCUT2D eigenvalue weighted by atomic mass is 9.86. The average Bonchev–Trinajstić information content (AvgIpc) is 3.02. The summed E-state index contributed by atoms with van der Waals surface area (Å²) in [5.74, 6) is -0.109. The molecule has 46 heavy (non-hydrogen) atoms. The van der Waals surface area contributed by atoms with Crippen LogP contribution in [0.5, 0.6) is 0 Å². The van der Waals surface area contributed by atoms with Crippen molar-refractivity contribution in [1.82, 2.24) is 0 Å². The molecule has 5 heteroatoms. The highest BCUT2D eigenvalue weighted by atomic mass is 31.0. The average molecular weight is 666 g/mol. The predicted molar refractivity (Wildman–Crippen MR) is 204 cm³/mol. The zero-order valence-electron chi connectivity index (χ0n) is 31.7. The van der Waals surface area contributed by atoms with Crippen LogP contribution in [0.15, 0.2) is 12.2 Å². The maximum Gasteiger partial charge on any atom is 0.204 e. The minimum Gasteiger partial charge on any atom is -0.541 e. The van der Waals surface area contributed by atoms with Gasteiger partial charge in [0, 0.05) is 12.8 Å². The maximum absolute atomic E-state index is 13.5. The molecule has 0 aliphatic carbocycles. The summed E-state index contributed by atoms with van der Waals surface area (Å²) in [7, 11) is 9.27. The van der Waals surface area contributed by atoms with Gasteiger partial charge in [0.25, 0.3) is 0 Å². The summed E-state index contributed by atoms with van der Waals surface area (Å²) < 4.78 is 6.18. The third-order valence-electron chi connectivity index (χ3n) is 9.45. The molecule has 0 aliphatic heterocycles. The van der Waals surface area contributed by atoms with Crippen molar-refractivity contribution in [3.8, 4) is 0 Å². The third-order valence-corrected chi connectivity index (χ3v) is 9.79. The van der Waals surface area contributed by atoms with Gasteiger partial charge < -0.3 is 18.5 Å². The Labute approximate surface area is 290 Å². The van der Waals surface area contributed by atoms with Gasteiger partial charge in [-0.15, -0.1) is 0 Å². The highest BCUT2D eigenvalue weighted by molar-refractivity contribution is 7.10. The maximum atomic E-state index is 13.5. The Morgan fingerprint density at radius 1 is 0.500 bits per heavy atom. The van der Waals surface area contributed by atoms with E-state index in [2.05, 4.69) is 35.5 Å². The zero-order chi connectivity index (χ0) is 34.2. The molecule has 0 fully saturated rings. The quantitative estimate of drug-likeness (QED) is 0.0220. The minimum atomic E-state index is -1.38. The summed E-state index contributed by atoms with van der Waals surface area (Å²) in [5, 5.41) is 0. The van der Waals surface area contributed by atoms with Gasteiger partial charge >= 0.3 is 0 Å². The van der Waals surface area contributed by atoms with E-state index < -0.39 is 5.60 Å². The highest BCUT2D eigenvalue weighted by Crippen LogP contribution is 2.27. The van der Waals surface area contributed by atoms with Gasteiger partial charge in [-0.05, 0) is 38.5 Å². The van der Waals surface area contributed by atoms with Crippen molar-refractivity contribution in [2.75, 3.05) is 27.7 Å². The molecule has 1 atom stereocenters. The van der Waals surface area contributed by atoms with Gasteiger partial charge in [0.15, 0.2) is 11.6 Å². The van der Waals surface area contributed by atoms with Crippen LogP contribution in [0.4, 0.5) is 0 Å². The first-order chi connectivity index (χ1) is 22.2. The van der Waals surface area contributed by atoms with Gasteiger partial charge in [-0.25, -0.2) is 0 Å². The van der Waals surface area contributed by atoms with Crippen molar-refractivity contribution in [2.24, 2.45) is 0 Å². The van der Waals surface area contributed by atoms with Gasteiger partial charge in [0.2, 0.25) is 5.60 Å². The largest absolute Gasteiger partial charge is 0.541 e. The summed E-state index contributed by atoms with van der Waals surface area (Å²) in [5.41, 5.74) is -1.38. The van der Waals surface area contributed by atoms with Crippen molar-refractivity contribution < 1.29 is 18.6 Å². The van der Waals surface area contributed by atoms with Crippen LogP contribution in [-0.2, 0) is 14.1 Å². The van der Waals surface area contributed by atoms with Gasteiger partial charge in [0.1, 0.15) is 6.54 Å². The topological polar surface area (TPSA) is 43.4 Å². The van der Waals surface area contributed by atoms with E-state index in [0.717, 1.165) is 38.5 Å². The normalized spacial score (nSPS) is 13.4. The number of carbonyl (C=O) groups is 2. The van der Waals surface area contributed by atoms with Gasteiger partial charge in [-0.1, -0.05) is 167 Å². The summed E-state index contributed by atoms with van der Waals surface area (Å²) >= 11 is 0. The van der Waals surface area contributed by atoms with Crippen LogP contribution in [0, 0.1) is 0 Å². The number of hydrogen-bond donors (Lipinski definition) is 0. The fourth-order valence-corrected chi connectivity index (χ4v) is 6.86. The molecule has 0 spiro atoms. The molecule has 0 saturated carbocycles. The number of rotatable bonds is 36. The molecule has 272 valence electrons. The predicted octanol–water partition coefficient (Wildman–Crippen LogP) is 12.9. The van der Waals surface area contributed by atoms with Crippen LogP contribution < -0.4 is 0 Å². The number of hydrogen-bond acceptors (Lipinski definition) is 3. The molecule has 0 radical (unpaired) electrons. The van der Waals surface area contributed by atoms with Crippen LogP contribution in [0.1, 0.15) is 206 Å². The number of ketones is 2. The second-order valence-corrected chi connectivity index (χ2v) is 15.5. The fraction of sp³-hybridized carbons (Fsp3) is 0.902. The molecule has 0 aromatic heterocycles. The molecule has 0 saturated heterocycles. The number of allylic oxidation sites excluding steroid dienone is 2. The number of quaternary nitrogens is 1. The summed E-state index contributed by atoms with van der Waals surface area (Å²) in [6.45, 7) is 4.91. The van der Waals surface area contributed by atoms with E-state index in [0.29, 0.717) is 23.9 Å². The van der Waals surface area contributed by atoms with Crippen LogP contribution in [-0.4, -0.2) is 49.3 Å². The van der Waals surface area contributed by atoms with Gasteiger partial charge in [0.05, 0.1) is 21.1 Å². The Morgan fingerprint density at radius 3 is 1.07 bits per heavy atom. The van der Waals surface area contributed by atoms with Crippen LogP contribution in [0.3, 0.4) is 0 Å².